The predicted octanol–water partition coefficient (Wildman–Crippen LogP) is 1.51. The zero-order chi connectivity index (χ0) is 23.3. The van der Waals surface area contributed by atoms with Crippen LogP contribution in [0.25, 0.3) is 5.69 Å². The number of carbonyl (C=O) groups is 3. The predicted molar refractivity (Wildman–Crippen MR) is 120 cm³/mol. The molecular weight excluding hydrogens is 450 g/mol. The molecule has 0 aliphatic carbocycles. The molecular formula is C22H18ClN5O5. The van der Waals surface area contributed by atoms with Gasteiger partial charge in [0.25, 0.3) is 23.3 Å². The highest BCUT2D eigenvalue weighted by Gasteiger charge is 2.32. The third-order valence-electron chi connectivity index (χ3n) is 5.78. The number of piperazine rings is 1. The molecule has 33 heavy (non-hydrogen) atoms. The number of nitrogens with two attached hydrogens (primary N) is 1. The molecule has 2 aliphatic heterocycles. The number of hydrogen-bond acceptors (Lipinski definition) is 7. The van der Waals surface area contributed by atoms with Gasteiger partial charge in [-0.2, -0.15) is 0 Å². The number of hydrogen-bond donors (Lipinski definition) is 2. The van der Waals surface area contributed by atoms with Crippen LogP contribution in [-0.2, 0) is 0 Å². The normalized spacial score (nSPS) is 15.5. The fourth-order valence-corrected chi connectivity index (χ4v) is 4.44. The Morgan fingerprint density at radius 1 is 1.03 bits per heavy atom. The molecule has 1 saturated heterocycles. The van der Waals surface area contributed by atoms with Gasteiger partial charge in [-0.05, 0) is 30.3 Å². The Morgan fingerprint density at radius 3 is 2.45 bits per heavy atom. The molecule has 2 aromatic heterocycles. The molecule has 10 nitrogen and oxygen atoms in total. The summed E-state index contributed by atoms with van der Waals surface area (Å²) in [6.45, 7) is 2.12. The second-order valence-corrected chi connectivity index (χ2v) is 8.07. The highest BCUT2D eigenvalue weighted by Crippen LogP contribution is 2.31. The number of pyridine rings is 1. The second-order valence-electron chi connectivity index (χ2n) is 7.67. The van der Waals surface area contributed by atoms with Crippen LogP contribution in [0.5, 0.6) is 0 Å². The summed E-state index contributed by atoms with van der Waals surface area (Å²) in [7, 11) is 0. The third kappa shape index (κ3) is 3.44. The summed E-state index contributed by atoms with van der Waals surface area (Å²) in [5.41, 5.74) is 6.58. The number of rotatable bonds is 3. The number of halogens is 1. The molecule has 3 amide bonds. The average molecular weight is 468 g/mol. The molecule has 3 N–H and O–H groups in total. The monoisotopic (exact) mass is 467 g/mol. The number of aromatic nitrogens is 1. The van der Waals surface area contributed by atoms with Crippen LogP contribution in [0.1, 0.15) is 31.3 Å². The summed E-state index contributed by atoms with van der Waals surface area (Å²) in [4.78, 5) is 52.8. The number of amides is 3. The van der Waals surface area contributed by atoms with Gasteiger partial charge in [-0.15, -0.1) is 0 Å². The van der Waals surface area contributed by atoms with Crippen molar-refractivity contribution in [2.75, 3.05) is 36.8 Å². The standard InChI is InChI=1S/C22H18ClN5O5/c23-14-10-12(28-17(29)11-13-18(19(28)24)21(31)25-20(13)30)3-4-15(14)26-5-7-27(8-6-26)22(32)16-2-1-9-33-16/h1-4,9-11H,5-8,24H2,(H,25,30,31). The first-order valence-electron chi connectivity index (χ1n) is 10.1. The number of carbonyl (C=O) groups excluding carboxylic acids is 3. The Morgan fingerprint density at radius 2 is 1.79 bits per heavy atom. The van der Waals surface area contributed by atoms with E-state index >= 15 is 0 Å². The van der Waals surface area contributed by atoms with Gasteiger partial charge in [0.2, 0.25) is 0 Å². The second kappa shape index (κ2) is 7.82. The van der Waals surface area contributed by atoms with Gasteiger partial charge in [-0.1, -0.05) is 11.6 Å². The molecule has 4 heterocycles. The SMILES string of the molecule is Nc1c2c(cc(=O)n1-c1ccc(N3CCN(C(=O)c4ccco4)CC3)c(Cl)c1)C(=O)NC2=O. The van der Waals surface area contributed by atoms with Gasteiger partial charge in [-0.25, -0.2) is 0 Å². The van der Waals surface area contributed by atoms with Crippen LogP contribution >= 0.6 is 11.6 Å². The highest BCUT2D eigenvalue weighted by molar-refractivity contribution is 6.33. The number of anilines is 2. The van der Waals surface area contributed by atoms with Crippen molar-refractivity contribution in [2.24, 2.45) is 0 Å². The van der Waals surface area contributed by atoms with Crippen LogP contribution < -0.4 is 21.5 Å². The molecule has 0 unspecified atom stereocenters. The van der Waals surface area contributed by atoms with Gasteiger partial charge in [0.15, 0.2) is 5.76 Å². The fraction of sp³-hybridized carbons (Fsp3) is 0.182. The number of nitrogen functional groups attached to an aromatic ring is 1. The first-order chi connectivity index (χ1) is 15.8. The van der Waals surface area contributed by atoms with E-state index < -0.39 is 17.4 Å². The van der Waals surface area contributed by atoms with E-state index in [0.29, 0.717) is 42.6 Å². The molecule has 0 atom stereocenters. The van der Waals surface area contributed by atoms with E-state index in [2.05, 4.69) is 5.32 Å². The summed E-state index contributed by atoms with van der Waals surface area (Å²) in [6.07, 6.45) is 1.47. The number of nitrogens with one attached hydrogen (secondary N) is 1. The number of benzene rings is 1. The highest BCUT2D eigenvalue weighted by atomic mass is 35.5. The van der Waals surface area contributed by atoms with Gasteiger partial charge in [0.05, 0.1) is 33.8 Å². The fourth-order valence-electron chi connectivity index (χ4n) is 4.14. The van der Waals surface area contributed by atoms with Gasteiger partial charge in [0, 0.05) is 32.2 Å². The lowest BCUT2D eigenvalue weighted by molar-refractivity contribution is 0.0714. The van der Waals surface area contributed by atoms with Crippen molar-refractivity contribution in [1.82, 2.24) is 14.8 Å². The van der Waals surface area contributed by atoms with Gasteiger partial charge in [-0.3, -0.25) is 29.1 Å². The van der Waals surface area contributed by atoms with Crippen LogP contribution in [0, 0.1) is 0 Å². The van der Waals surface area contributed by atoms with Crippen LogP contribution in [0.15, 0.2) is 51.9 Å². The van der Waals surface area contributed by atoms with E-state index in [9.17, 15) is 19.2 Å². The van der Waals surface area contributed by atoms with Crippen molar-refractivity contribution < 1.29 is 18.8 Å². The number of imide groups is 1. The minimum atomic E-state index is -0.649. The first-order valence-corrected chi connectivity index (χ1v) is 10.5. The molecule has 11 heteroatoms. The summed E-state index contributed by atoms with van der Waals surface area (Å²) >= 11 is 6.54. The summed E-state index contributed by atoms with van der Waals surface area (Å²) in [5.74, 6) is -1.28. The van der Waals surface area contributed by atoms with Crippen LogP contribution in [0.4, 0.5) is 11.5 Å². The van der Waals surface area contributed by atoms with Crippen molar-refractivity contribution in [2.45, 2.75) is 0 Å². The molecule has 1 fully saturated rings. The van der Waals surface area contributed by atoms with Crippen molar-refractivity contribution >= 4 is 40.8 Å². The molecule has 168 valence electrons. The zero-order valence-corrected chi connectivity index (χ0v) is 18.0. The van der Waals surface area contributed by atoms with E-state index in [-0.39, 0.29) is 22.9 Å². The van der Waals surface area contributed by atoms with Gasteiger partial charge < -0.3 is 20.0 Å². The summed E-state index contributed by atoms with van der Waals surface area (Å²) < 4.78 is 6.33. The van der Waals surface area contributed by atoms with Crippen LogP contribution in [-0.4, -0.2) is 53.4 Å². The lowest BCUT2D eigenvalue weighted by Crippen LogP contribution is -2.48. The Balaban J connectivity index is 1.39. The molecule has 1 aromatic carbocycles. The molecule has 0 radical (unpaired) electrons. The maximum absolute atomic E-state index is 12.6. The Bertz CT molecular complexity index is 1360. The Hall–Kier alpha value is -4.05. The van der Waals surface area contributed by atoms with Crippen molar-refractivity contribution in [3.05, 3.63) is 74.9 Å². The maximum Gasteiger partial charge on any atom is 0.289 e. The number of furan rings is 1. The lowest BCUT2D eigenvalue weighted by atomic mass is 10.1. The van der Waals surface area contributed by atoms with Crippen LogP contribution in [0.3, 0.4) is 0 Å². The minimum absolute atomic E-state index is 0.0304. The molecule has 5 rings (SSSR count). The lowest BCUT2D eigenvalue weighted by Gasteiger charge is -2.36. The summed E-state index contributed by atoms with van der Waals surface area (Å²) in [5, 5.41) is 2.52. The average Bonchev–Trinajstić information content (AvgIpc) is 3.42. The molecule has 0 saturated carbocycles. The Labute approximate surface area is 192 Å². The molecule has 3 aromatic rings. The number of fused-ring (bicyclic) bond motifs is 1. The van der Waals surface area contributed by atoms with Crippen molar-refractivity contribution in [3.63, 3.8) is 0 Å². The molecule has 0 bridgehead atoms. The third-order valence-corrected chi connectivity index (χ3v) is 6.09. The largest absolute Gasteiger partial charge is 0.459 e. The van der Waals surface area contributed by atoms with Crippen molar-refractivity contribution in [3.8, 4) is 5.69 Å². The zero-order valence-electron chi connectivity index (χ0n) is 17.2. The minimum Gasteiger partial charge on any atom is -0.459 e. The van der Waals surface area contributed by atoms with E-state index in [1.54, 1.807) is 35.2 Å². The van der Waals surface area contributed by atoms with E-state index in [1.807, 2.05) is 4.90 Å². The smallest absolute Gasteiger partial charge is 0.289 e. The molecule has 0 spiro atoms. The summed E-state index contributed by atoms with van der Waals surface area (Å²) in [6, 6.07) is 9.40. The maximum atomic E-state index is 12.6. The van der Waals surface area contributed by atoms with E-state index in [1.165, 1.54) is 6.26 Å². The topological polar surface area (TPSA) is 131 Å². The van der Waals surface area contributed by atoms with E-state index in [0.717, 1.165) is 16.3 Å². The van der Waals surface area contributed by atoms with Gasteiger partial charge in [0.1, 0.15) is 5.82 Å². The van der Waals surface area contributed by atoms with Gasteiger partial charge >= 0.3 is 0 Å². The quantitative estimate of drug-likeness (QED) is 0.558. The number of nitrogens with zero attached hydrogens (tertiary/aromatic N) is 3. The van der Waals surface area contributed by atoms with Crippen molar-refractivity contribution in [1.29, 1.82) is 0 Å². The van der Waals surface area contributed by atoms with E-state index in [4.69, 9.17) is 21.8 Å². The Kier molecular flexibility index (Phi) is 4.94. The molecule has 2 aliphatic rings. The van der Waals surface area contributed by atoms with Crippen LogP contribution in [0.2, 0.25) is 5.02 Å². The first kappa shape index (κ1) is 20.8.